The van der Waals surface area contributed by atoms with Crippen LogP contribution in [0.1, 0.15) is 229 Å². The second-order valence-electron chi connectivity index (χ2n) is 33.1. The Bertz CT molecular complexity index is 3960. The van der Waals surface area contributed by atoms with Crippen LogP contribution in [-0.4, -0.2) is 108 Å². The number of para-hydroxylation sites is 1. The Balaban J connectivity index is 0.000000474. The number of primary amides is 1. The van der Waals surface area contributed by atoms with Gasteiger partial charge in [-0.05, 0) is 103 Å². The first-order valence-electron chi connectivity index (χ1n) is 38.9. The van der Waals surface area contributed by atoms with Crippen LogP contribution >= 0.6 is 0 Å². The molecule has 0 spiro atoms. The molecule has 109 heavy (non-hydrogen) atoms. The van der Waals surface area contributed by atoms with Gasteiger partial charge in [-0.25, -0.2) is 0 Å². The fourth-order valence-electron chi connectivity index (χ4n) is 14.9. The van der Waals surface area contributed by atoms with Crippen molar-refractivity contribution < 1.29 is 87.2 Å². The number of carbonyl (C=O) groups excluding carboxylic acids is 12. The van der Waals surface area contributed by atoms with Gasteiger partial charge in [-0.3, -0.25) is 71.9 Å². The maximum absolute atomic E-state index is 14.5. The van der Waals surface area contributed by atoms with Gasteiger partial charge < -0.3 is 26.0 Å². The molecule has 1 aromatic heterocycles. The fourth-order valence-corrected chi connectivity index (χ4v) is 14.9. The number of aromatic nitrogens is 1. The first-order chi connectivity index (χ1) is 51.1. The van der Waals surface area contributed by atoms with E-state index in [1.54, 1.807) is 48.5 Å². The monoisotopic (exact) mass is 1500 g/mol. The number of hydrogen-bond acceptors (Lipinski definition) is 15. The van der Waals surface area contributed by atoms with Gasteiger partial charge in [0.2, 0.25) is 5.91 Å². The lowest BCUT2D eigenvalue weighted by Crippen LogP contribution is -2.33. The second-order valence-corrected chi connectivity index (χ2v) is 33.1. The highest BCUT2D eigenvalue weighted by molar-refractivity contribution is 5.99. The number of aliphatic carboxylic acids is 3. The van der Waals surface area contributed by atoms with Crippen LogP contribution in [0.25, 0.3) is 21.7 Å². The highest BCUT2D eigenvalue weighted by Gasteiger charge is 2.38. The lowest BCUT2D eigenvalue weighted by atomic mass is 9.77. The number of rotatable bonds is 52. The molecule has 594 valence electrons. The Morgan fingerprint density at radius 1 is 0.376 bits per heavy atom. The van der Waals surface area contributed by atoms with E-state index in [2.05, 4.69) is 18.8 Å². The normalized spacial score (nSPS) is 14.5. The Labute approximate surface area is 643 Å². The smallest absolute Gasteiger partial charge is 0.304 e. The standard InChI is InChI=1S/C50H67NO10.C39H53NO8/c1-31(2)21-35(23-33-13-9-8-10-14-33)45(55)28-37(24-39-30-51-42-16-12-11-15-41(39)42)46(56)27-36(22-32(3)4)43(53)19-18-40(52)25-38(29-48(59)60)44(54)26-34(17-20-47(57)58)49(61)50(5,6)7;1-23(2)16-25(5)33(41)20-31(22-37(40)45)36(44)19-29(14-15-38(46)47)35(43)21-30(34(42)17-26(6)39(48)24(3)4)18-28-12-9-11-27-10-7-8-13-32(27)28/h8-16,30-32,34-38,51H,17-29H2,1-7H3,(H,57,58)(H,59,60);7-13,23-26,29-31H,14-22H2,1-6H3,(H2,40,45)(H,46,47)/t34-,35+,36-,37-,38+;25-,26-,29+,30+,31-/m01/s1. The van der Waals surface area contributed by atoms with Crippen LogP contribution in [0.15, 0.2) is 103 Å². The third-order valence-corrected chi connectivity index (χ3v) is 20.7. The molecule has 0 saturated heterocycles. The molecule has 0 bridgehead atoms. The zero-order valence-electron chi connectivity index (χ0n) is 66.5. The van der Waals surface area contributed by atoms with Crippen molar-refractivity contribution in [3.8, 4) is 0 Å². The van der Waals surface area contributed by atoms with Gasteiger partial charge in [0.1, 0.15) is 63.6 Å². The average molecular weight is 1510 g/mol. The number of carbonyl (C=O) groups is 15. The van der Waals surface area contributed by atoms with Gasteiger partial charge in [-0.15, -0.1) is 0 Å². The molecular weight excluding hydrogens is 1380 g/mol. The highest BCUT2D eigenvalue weighted by Crippen LogP contribution is 2.34. The predicted octanol–water partition coefficient (Wildman–Crippen LogP) is 15.6. The number of carboxylic acid groups (broad SMARTS) is 3. The van der Waals surface area contributed by atoms with Crippen molar-refractivity contribution in [1.82, 2.24) is 4.98 Å². The molecule has 4 aromatic carbocycles. The van der Waals surface area contributed by atoms with Crippen LogP contribution in [0.3, 0.4) is 0 Å². The molecule has 0 fully saturated rings. The van der Waals surface area contributed by atoms with E-state index in [0.717, 1.165) is 38.4 Å². The van der Waals surface area contributed by atoms with Crippen molar-refractivity contribution >= 4 is 109 Å². The predicted molar refractivity (Wildman–Crippen MR) is 420 cm³/mol. The van der Waals surface area contributed by atoms with E-state index in [4.69, 9.17) is 5.73 Å². The maximum atomic E-state index is 14.5. The third kappa shape index (κ3) is 32.6. The molecule has 1 heterocycles. The number of nitrogens with two attached hydrogens (primary N) is 1. The van der Waals surface area contributed by atoms with E-state index < -0.39 is 119 Å². The minimum atomic E-state index is -1.31. The summed E-state index contributed by atoms with van der Waals surface area (Å²) in [4.78, 5) is 199. The van der Waals surface area contributed by atoms with Crippen molar-refractivity contribution in [2.24, 2.45) is 94.0 Å². The minimum Gasteiger partial charge on any atom is -0.481 e. The van der Waals surface area contributed by atoms with Gasteiger partial charge in [0.25, 0.3) is 0 Å². The summed E-state index contributed by atoms with van der Waals surface area (Å²) in [5, 5.41) is 31.1. The number of amides is 1. The van der Waals surface area contributed by atoms with Crippen molar-refractivity contribution in [2.75, 3.05) is 0 Å². The van der Waals surface area contributed by atoms with Crippen molar-refractivity contribution in [3.63, 3.8) is 0 Å². The molecule has 0 aliphatic heterocycles. The summed E-state index contributed by atoms with van der Waals surface area (Å²) in [5.74, 6) is -15.0. The van der Waals surface area contributed by atoms with Crippen LogP contribution in [0, 0.1) is 88.3 Å². The Morgan fingerprint density at radius 3 is 1.39 bits per heavy atom. The number of Topliss-reactive ketones (excluding diaryl/α,β-unsaturated/α-hetero) is 11. The summed E-state index contributed by atoms with van der Waals surface area (Å²) in [6, 6.07) is 31.0. The summed E-state index contributed by atoms with van der Waals surface area (Å²) in [7, 11) is 0. The van der Waals surface area contributed by atoms with Gasteiger partial charge in [-0.2, -0.15) is 0 Å². The van der Waals surface area contributed by atoms with Crippen molar-refractivity contribution in [1.29, 1.82) is 0 Å². The number of H-pyrrole nitrogens is 1. The zero-order valence-corrected chi connectivity index (χ0v) is 66.5. The minimum absolute atomic E-state index is 0.00881. The third-order valence-electron chi connectivity index (χ3n) is 20.7. The maximum Gasteiger partial charge on any atom is 0.304 e. The van der Waals surface area contributed by atoms with E-state index in [1.807, 2.05) is 131 Å². The molecule has 5 aromatic rings. The number of fused-ring (bicyclic) bond motifs is 2. The largest absolute Gasteiger partial charge is 0.481 e. The molecule has 5 rings (SSSR count). The number of nitrogens with one attached hydrogen (secondary N) is 1. The number of hydrogen-bond donors (Lipinski definition) is 5. The van der Waals surface area contributed by atoms with Crippen LogP contribution in [0.4, 0.5) is 0 Å². The van der Waals surface area contributed by atoms with E-state index in [0.29, 0.717) is 32.1 Å². The molecule has 1 amide bonds. The highest BCUT2D eigenvalue weighted by atomic mass is 16.4. The van der Waals surface area contributed by atoms with E-state index >= 15 is 0 Å². The molecule has 20 heteroatoms. The lowest BCUT2D eigenvalue weighted by Gasteiger charge is -2.25. The molecule has 20 nitrogen and oxygen atoms in total. The Kier molecular flexibility index (Phi) is 38.3. The number of carboxylic acids is 3. The van der Waals surface area contributed by atoms with Crippen molar-refractivity contribution in [3.05, 3.63) is 120 Å². The van der Waals surface area contributed by atoms with Gasteiger partial charge in [-0.1, -0.05) is 181 Å². The molecular formula is C89H120N2O18. The summed E-state index contributed by atoms with van der Waals surface area (Å²) < 4.78 is 0. The van der Waals surface area contributed by atoms with Gasteiger partial charge >= 0.3 is 17.9 Å². The van der Waals surface area contributed by atoms with E-state index in [9.17, 15) is 87.2 Å². The molecule has 0 unspecified atom stereocenters. The molecule has 10 atom stereocenters. The first kappa shape index (κ1) is 92.3. The van der Waals surface area contributed by atoms with Gasteiger partial charge in [0.05, 0.1) is 6.42 Å². The number of ketones is 11. The molecule has 0 aliphatic carbocycles. The van der Waals surface area contributed by atoms with Gasteiger partial charge in [0.15, 0.2) is 0 Å². The quantitative estimate of drug-likeness (QED) is 0.0241. The Hall–Kier alpha value is -9.07. The fraction of sp³-hybridized carbons (Fsp3) is 0.562. The summed E-state index contributed by atoms with van der Waals surface area (Å²) in [6.07, 6.45) is 0.429. The lowest BCUT2D eigenvalue weighted by molar-refractivity contribution is -0.142. The van der Waals surface area contributed by atoms with Crippen molar-refractivity contribution in [2.45, 2.75) is 231 Å². The van der Waals surface area contributed by atoms with E-state index in [-0.39, 0.29) is 166 Å². The summed E-state index contributed by atoms with van der Waals surface area (Å²) >= 11 is 0. The number of aromatic amines is 1. The van der Waals surface area contributed by atoms with Crippen LogP contribution in [0.2, 0.25) is 0 Å². The average Bonchev–Trinajstić information content (AvgIpc) is 1.80. The number of benzene rings is 4. The molecule has 0 aliphatic rings. The molecule has 0 radical (unpaired) electrons. The summed E-state index contributed by atoms with van der Waals surface area (Å²) in [6.45, 7) is 24.0. The first-order valence-corrected chi connectivity index (χ1v) is 38.9. The molecule has 6 N–H and O–H groups in total. The molecule has 0 saturated carbocycles. The van der Waals surface area contributed by atoms with Gasteiger partial charge in [0, 0.05) is 171 Å². The Morgan fingerprint density at radius 2 is 0.835 bits per heavy atom. The van der Waals surface area contributed by atoms with Crippen LogP contribution in [0.5, 0.6) is 0 Å². The zero-order chi connectivity index (χ0) is 81.6. The second kappa shape index (κ2) is 45.2. The topological polar surface area (TPSA) is 359 Å². The SMILES string of the molecule is CC(C)C[C@@H](C)C(=O)C[C@H](CC(N)=O)C(=O)C[C@H](CCC(=O)O)C(=O)C[C@H](Cc1cccc2ccccc12)C(=O)C[C@@H](C)C(=O)C(C)C.CC(C)C[C@@H](CC(=O)[C@H](CC(=O)[C@@H](Cc1ccccc1)CC(C)C)Cc1c[nH]c2ccccc12)C(=O)CCC(=O)C[C@H](CC(=O)O)C(=O)C[C@H](CCC(=O)O)C(=O)C(C)(C)C. The van der Waals surface area contributed by atoms with Crippen LogP contribution in [-0.2, 0) is 91.2 Å². The summed E-state index contributed by atoms with van der Waals surface area (Å²) in [5.41, 5.74) is 8.29. The van der Waals surface area contributed by atoms with Crippen LogP contribution < -0.4 is 5.73 Å². The van der Waals surface area contributed by atoms with E-state index in [1.165, 1.54) is 0 Å².